The van der Waals surface area contributed by atoms with Crippen LogP contribution in [0.5, 0.6) is 11.5 Å². The maximum Gasteiger partial charge on any atom is 0.503 e. The first kappa shape index (κ1) is 46.0. The Kier molecular flexibility index (Phi) is 16.5. The van der Waals surface area contributed by atoms with Crippen molar-refractivity contribution in [2.45, 2.75) is 161 Å². The van der Waals surface area contributed by atoms with Crippen molar-refractivity contribution in [3.05, 3.63) is 57.6 Å². The van der Waals surface area contributed by atoms with Gasteiger partial charge in [0.2, 0.25) is 5.84 Å². The van der Waals surface area contributed by atoms with Crippen LogP contribution >= 0.6 is 0 Å². The molecule has 3 aliphatic rings. The predicted molar refractivity (Wildman–Crippen MR) is 222 cm³/mol. The van der Waals surface area contributed by atoms with E-state index < -0.39 is 6.16 Å². The molecule has 0 spiro atoms. The minimum atomic E-state index is -1.83. The van der Waals surface area contributed by atoms with Gasteiger partial charge in [-0.25, -0.2) is 4.79 Å². The summed E-state index contributed by atoms with van der Waals surface area (Å²) in [6, 6.07) is 8.69. The summed E-state index contributed by atoms with van der Waals surface area (Å²) < 4.78 is 2.64. The van der Waals surface area contributed by atoms with Crippen molar-refractivity contribution in [1.82, 2.24) is 4.90 Å². The number of aliphatic imine (C=N–C) groups is 2. The van der Waals surface area contributed by atoms with Crippen molar-refractivity contribution < 1.29 is 47.2 Å². The number of amidine groups is 1. The molecular weight excluding hydrogens is 729 g/mol. The minimum absolute atomic E-state index is 0. The number of phenols is 2. The van der Waals surface area contributed by atoms with E-state index in [9.17, 15) is 10.2 Å². The summed E-state index contributed by atoms with van der Waals surface area (Å²) in [6.07, 6.45) is 14.4. The maximum absolute atomic E-state index is 11.6. The Morgan fingerprint density at radius 2 is 1.27 bits per heavy atom. The fraction of sp³-hybridized carbons (Fsp3) is 0.644. The molecule has 4 N–H and O–H groups in total. The molecule has 0 bridgehead atoms. The van der Waals surface area contributed by atoms with Crippen LogP contribution in [-0.2, 0) is 40.0 Å². The van der Waals surface area contributed by atoms with Gasteiger partial charge in [-0.15, -0.1) is 0 Å². The Balaban J connectivity index is 0.00000155. The van der Waals surface area contributed by atoms with Crippen LogP contribution in [-0.4, -0.2) is 92.6 Å². The molecular formula is C45H69CrN4O5+. The monoisotopic (exact) mass is 797 g/mol. The first-order valence-corrected chi connectivity index (χ1v) is 20.3. The molecule has 2 heterocycles. The van der Waals surface area contributed by atoms with E-state index in [-0.39, 0.29) is 45.7 Å². The zero-order valence-electron chi connectivity index (χ0n) is 35.1. The van der Waals surface area contributed by atoms with Crippen LogP contribution in [0.3, 0.4) is 0 Å². The van der Waals surface area contributed by atoms with E-state index in [1.807, 2.05) is 12.4 Å². The number of carbonyl (C=O) groups is 1. The van der Waals surface area contributed by atoms with E-state index in [2.05, 4.69) is 96.1 Å². The van der Waals surface area contributed by atoms with Crippen LogP contribution in [0.4, 0.5) is 4.79 Å². The summed E-state index contributed by atoms with van der Waals surface area (Å²) in [6.45, 7) is 24.4. The van der Waals surface area contributed by atoms with E-state index in [4.69, 9.17) is 25.0 Å². The number of phenolic OH excluding ortho intramolecular Hbond substituents is 2. The Morgan fingerprint density at radius 3 is 1.82 bits per heavy atom. The van der Waals surface area contributed by atoms with Gasteiger partial charge < -0.3 is 20.4 Å². The van der Waals surface area contributed by atoms with Crippen LogP contribution in [0.25, 0.3) is 0 Å². The number of nitrogens with zero attached hydrogens (tertiary/aromatic N) is 4. The van der Waals surface area contributed by atoms with Gasteiger partial charge in [0.25, 0.3) is 0 Å². The molecule has 0 amide bonds. The third-order valence-electron chi connectivity index (χ3n) is 11.2. The average molecular weight is 798 g/mol. The van der Waals surface area contributed by atoms with E-state index >= 15 is 0 Å². The average Bonchev–Trinajstić information content (AvgIpc) is 3.33. The van der Waals surface area contributed by atoms with Crippen LogP contribution in [0.1, 0.15) is 160 Å². The van der Waals surface area contributed by atoms with Gasteiger partial charge in [0, 0.05) is 59.3 Å². The molecule has 2 aliphatic heterocycles. The standard InChI is InChI=1S/C44H66N4O2.CH2O3.Cr/c1-42(2,3)34-25-31(17-15-22-48-24-16-23-47-21-14-10-11-20-39(47)48)40(49)32(26-34)29-45-37-18-12-13-19-38(37)46-30-33-27-35(43(4,5)6)28-36(41(33)50)44(7,8)9;2-1(3)4;/h25-30,37-38H,10-24H2,1-9H3,(H-,45,46,49,50);(H2,2,3,4);/p+1. The Hall–Kier alpha value is -3.35. The number of aryl methyl sites for hydroxylation is 1. The molecule has 2 aromatic rings. The first-order chi connectivity index (χ1) is 25.3. The Morgan fingerprint density at radius 1 is 0.745 bits per heavy atom. The molecule has 2 unspecified atom stereocenters. The van der Waals surface area contributed by atoms with Crippen molar-refractivity contribution in [1.29, 1.82) is 0 Å². The zero-order chi connectivity index (χ0) is 39.8. The number of rotatable bonds is 8. The van der Waals surface area contributed by atoms with Crippen molar-refractivity contribution in [2.75, 3.05) is 26.2 Å². The second-order valence-corrected chi connectivity index (χ2v) is 18.7. The summed E-state index contributed by atoms with van der Waals surface area (Å²) >= 11 is 0. The largest absolute Gasteiger partial charge is 0.507 e. The number of benzene rings is 2. The van der Waals surface area contributed by atoms with Gasteiger partial charge in [-0.1, -0.05) is 87.3 Å². The van der Waals surface area contributed by atoms with Crippen molar-refractivity contribution in [3.63, 3.8) is 0 Å². The van der Waals surface area contributed by atoms with Gasteiger partial charge in [0.15, 0.2) is 0 Å². The number of carboxylic acid groups (broad SMARTS) is 2. The maximum atomic E-state index is 11.6. The van der Waals surface area contributed by atoms with Crippen LogP contribution in [0.15, 0.2) is 34.3 Å². The van der Waals surface area contributed by atoms with E-state index in [0.29, 0.717) is 11.5 Å². The molecule has 5 rings (SSSR count). The molecule has 55 heavy (non-hydrogen) atoms. The topological polar surface area (TPSA) is 129 Å². The summed E-state index contributed by atoms with van der Waals surface area (Å²) in [5.74, 6) is 2.26. The third-order valence-corrected chi connectivity index (χ3v) is 11.2. The fourth-order valence-corrected chi connectivity index (χ4v) is 7.92. The quantitative estimate of drug-likeness (QED) is 0.156. The molecule has 304 valence electrons. The molecule has 1 aliphatic carbocycles. The van der Waals surface area contributed by atoms with Gasteiger partial charge >= 0.3 is 6.16 Å². The molecule has 2 atom stereocenters. The smallest absolute Gasteiger partial charge is 0.503 e. The normalized spacial score (nSPS) is 19.8. The van der Waals surface area contributed by atoms with Gasteiger partial charge in [-0.2, -0.15) is 0 Å². The molecule has 2 aromatic carbocycles. The number of hydrogen-bond acceptors (Lipinski definition) is 6. The molecule has 9 nitrogen and oxygen atoms in total. The molecule has 0 saturated heterocycles. The SMILES string of the molecule is CC(C)(C)c1cc(C=NC2CCCCC2N=Cc2cc(C(C)(C)C)cc(C(C)(C)C)c2O)c(O)c(CCCN2CCC[N+]3=C2CCCCC3)c1.O=C(O)O.[Cr]. The van der Waals surface area contributed by atoms with Crippen LogP contribution in [0.2, 0.25) is 0 Å². The van der Waals surface area contributed by atoms with Gasteiger partial charge in [-0.3, -0.25) is 19.5 Å². The molecule has 10 heteroatoms. The molecule has 1 saturated carbocycles. The van der Waals surface area contributed by atoms with Gasteiger partial charge in [-0.05, 0) is 90.0 Å². The summed E-state index contributed by atoms with van der Waals surface area (Å²) in [5.41, 5.74) is 5.74. The minimum Gasteiger partial charge on any atom is -0.507 e. The number of hydrogen-bond donors (Lipinski definition) is 4. The first-order valence-electron chi connectivity index (χ1n) is 20.3. The fourth-order valence-electron chi connectivity index (χ4n) is 7.92. The Labute approximate surface area is 341 Å². The van der Waals surface area contributed by atoms with Crippen molar-refractivity contribution >= 4 is 24.4 Å². The summed E-state index contributed by atoms with van der Waals surface area (Å²) in [5, 5.41) is 36.9. The second-order valence-electron chi connectivity index (χ2n) is 18.7. The van der Waals surface area contributed by atoms with E-state index in [1.54, 1.807) is 5.84 Å². The zero-order valence-corrected chi connectivity index (χ0v) is 36.4. The van der Waals surface area contributed by atoms with Crippen LogP contribution in [0, 0.1) is 0 Å². The van der Waals surface area contributed by atoms with E-state index in [1.165, 1.54) is 56.3 Å². The molecule has 1 fully saturated rings. The molecule has 0 aromatic heterocycles. The third kappa shape index (κ3) is 13.1. The van der Waals surface area contributed by atoms with Crippen molar-refractivity contribution in [3.8, 4) is 11.5 Å². The van der Waals surface area contributed by atoms with Crippen molar-refractivity contribution in [2.24, 2.45) is 9.98 Å². The Bertz CT molecular complexity index is 1690. The van der Waals surface area contributed by atoms with Crippen LogP contribution < -0.4 is 0 Å². The second kappa shape index (κ2) is 19.7. The predicted octanol–water partition coefficient (Wildman–Crippen LogP) is 9.68. The van der Waals surface area contributed by atoms with Gasteiger partial charge in [0.1, 0.15) is 11.5 Å². The summed E-state index contributed by atoms with van der Waals surface area (Å²) in [7, 11) is 0. The molecule has 0 radical (unpaired) electrons. The van der Waals surface area contributed by atoms with Gasteiger partial charge in [0.05, 0.1) is 38.3 Å². The number of aromatic hydroxyl groups is 2. The summed E-state index contributed by atoms with van der Waals surface area (Å²) in [4.78, 5) is 21.4. The van der Waals surface area contributed by atoms with E-state index in [0.717, 1.165) is 73.9 Å².